The van der Waals surface area contributed by atoms with Crippen LogP contribution in [0.25, 0.3) is 11.1 Å². The van der Waals surface area contributed by atoms with E-state index >= 15 is 9.59 Å². The molecule has 7 aliphatic rings. The quantitative estimate of drug-likeness (QED) is 0.0817. The summed E-state index contributed by atoms with van der Waals surface area (Å²) < 4.78 is 38.2. The molecule has 0 spiro atoms. The number of ether oxygens (including phenoxy) is 6. The molecule has 20 N–H and O–H groups in total. The molecule has 11 bridgehead atoms. The summed E-state index contributed by atoms with van der Waals surface area (Å²) in [6.45, 7) is 5.63. The number of carboxylic acid groups (broad SMARTS) is 2. The lowest BCUT2D eigenvalue weighted by Crippen LogP contribution is -2.64. The van der Waals surface area contributed by atoms with Crippen LogP contribution >= 0.6 is 23.2 Å². The van der Waals surface area contributed by atoms with Gasteiger partial charge in [0, 0.05) is 34.7 Å². The second-order valence-electron chi connectivity index (χ2n) is 25.6. The molecular formula is C66H74Cl2N8O25. The number of aliphatic hydroxyl groups excluding tert-OH is 6. The normalized spacial score (nSPS) is 29.6. The van der Waals surface area contributed by atoms with Gasteiger partial charge in [0.25, 0.3) is 0 Å². The molecule has 0 radical (unpaired) electrons. The molecule has 33 nitrogen and oxygen atoms in total. The Morgan fingerprint density at radius 1 is 0.703 bits per heavy atom. The number of benzene rings is 5. The number of phenols is 3. The molecule has 0 aliphatic carbocycles. The SMILES string of the molecule is CN[C@@H](CC(C)C)C(=O)N[C@H]1C(=O)N[C@@H](C(=O)O)CC(=O)N[C@H]2C(=O)N[C@H]3C(=O)N[C@H](C(=O)N[C@@H](C(=O)O)c4cc(O)cc(O)c4-c4cc3ccc4O)[C@H](O)c3ccc(c(Cl)c3)Oc3cc2cc(c3O[C@@H]2O[C@H](CO)[C@@H](O)[C@H](O)[C@H]2O[C@@H]2C[C@@](C)(N)[C@@H](O)[C@@H](C)O2)Oc2ccc(cc2Cl)[C@H]1O. The Morgan fingerprint density at radius 2 is 1.32 bits per heavy atom. The Hall–Kier alpha value is -9.20. The number of fused-ring (bicyclic) bond motifs is 16. The third-order valence-electron chi connectivity index (χ3n) is 17.8. The summed E-state index contributed by atoms with van der Waals surface area (Å²) in [6.07, 6.45) is -18.8. The van der Waals surface area contributed by atoms with Crippen LogP contribution in [0, 0.1) is 5.92 Å². The van der Waals surface area contributed by atoms with E-state index in [1.807, 2.05) is 13.8 Å². The van der Waals surface area contributed by atoms with Crippen molar-refractivity contribution >= 4 is 70.6 Å². The van der Waals surface area contributed by atoms with E-state index in [1.54, 1.807) is 0 Å². The van der Waals surface area contributed by atoms with Crippen LogP contribution in [0.5, 0.6) is 46.0 Å². The fourth-order valence-corrected chi connectivity index (χ4v) is 12.9. The minimum atomic E-state index is -2.32. The van der Waals surface area contributed by atoms with Crippen LogP contribution in [0.4, 0.5) is 0 Å². The van der Waals surface area contributed by atoms with E-state index < -0.39 is 242 Å². The number of carbonyl (C=O) groups excluding carboxylic acids is 6. The number of rotatable bonds is 12. The van der Waals surface area contributed by atoms with Crippen LogP contribution in [0.2, 0.25) is 10.0 Å². The van der Waals surface area contributed by atoms with Crippen LogP contribution in [0.3, 0.4) is 0 Å². The molecule has 7 aliphatic heterocycles. The molecule has 5 aromatic carbocycles. The molecule has 0 aromatic heterocycles. The number of hydrogen-bond donors (Lipinski definition) is 19. The highest BCUT2D eigenvalue weighted by Gasteiger charge is 2.51. The summed E-state index contributed by atoms with van der Waals surface area (Å²) in [4.78, 5) is 116. The number of carbonyl (C=O) groups is 8. The number of aliphatic hydroxyl groups is 6. The number of likely N-dealkylation sites (N-methyl/N-ethyl adjacent to an activating group) is 1. The fourth-order valence-electron chi connectivity index (χ4n) is 12.4. The first kappa shape index (κ1) is 74.5. The van der Waals surface area contributed by atoms with Crippen molar-refractivity contribution in [2.45, 2.75) is 156 Å². The number of carboxylic acids is 2. The van der Waals surface area contributed by atoms with Crippen molar-refractivity contribution < 1.29 is 123 Å². The summed E-state index contributed by atoms with van der Waals surface area (Å²) in [5.74, 6) is -16.7. The van der Waals surface area contributed by atoms with Gasteiger partial charge < -0.3 is 128 Å². The van der Waals surface area contributed by atoms with Crippen molar-refractivity contribution in [2.24, 2.45) is 11.7 Å². The van der Waals surface area contributed by atoms with Gasteiger partial charge in [0.05, 0.1) is 41.3 Å². The lowest BCUT2D eigenvalue weighted by atomic mass is 9.86. The summed E-state index contributed by atoms with van der Waals surface area (Å²) in [6, 6.07) is -0.942. The first-order chi connectivity index (χ1) is 47.7. The van der Waals surface area contributed by atoms with Gasteiger partial charge in [-0.1, -0.05) is 55.2 Å². The Balaban J connectivity index is 1.23. The zero-order chi connectivity index (χ0) is 73.5. The van der Waals surface area contributed by atoms with Gasteiger partial charge in [0.1, 0.15) is 89.5 Å². The molecule has 5 aromatic rings. The Labute approximate surface area is 583 Å². The maximum absolute atomic E-state index is 15.9. The number of amides is 6. The van der Waals surface area contributed by atoms with Crippen molar-refractivity contribution in [1.29, 1.82) is 0 Å². The Morgan fingerprint density at radius 3 is 1.90 bits per heavy atom. The first-order valence-corrected chi connectivity index (χ1v) is 32.3. The van der Waals surface area contributed by atoms with Crippen molar-refractivity contribution in [2.75, 3.05) is 13.7 Å². The third-order valence-corrected chi connectivity index (χ3v) is 18.3. The van der Waals surface area contributed by atoms with Gasteiger partial charge in [-0.05, 0) is 110 Å². The average Bonchev–Trinajstić information content (AvgIpc) is 0.953. The molecule has 2 fully saturated rings. The van der Waals surface area contributed by atoms with Crippen LogP contribution in [-0.4, -0.2) is 196 Å². The molecule has 2 saturated heterocycles. The number of nitrogens with two attached hydrogens (primary N) is 1. The topological polar surface area (TPSA) is 525 Å². The van der Waals surface area contributed by atoms with Crippen molar-refractivity contribution in [3.63, 3.8) is 0 Å². The van der Waals surface area contributed by atoms with Gasteiger partial charge in [0.2, 0.25) is 47.5 Å². The van der Waals surface area contributed by atoms with Gasteiger partial charge >= 0.3 is 11.9 Å². The lowest BCUT2D eigenvalue weighted by molar-refractivity contribution is -0.333. The second-order valence-corrected chi connectivity index (χ2v) is 26.5. The molecule has 18 atom stereocenters. The van der Waals surface area contributed by atoms with E-state index in [0.29, 0.717) is 0 Å². The van der Waals surface area contributed by atoms with Gasteiger partial charge in [-0.15, -0.1) is 0 Å². The number of halogens is 2. The van der Waals surface area contributed by atoms with Crippen LogP contribution < -0.4 is 57.2 Å². The second kappa shape index (κ2) is 30.2. The van der Waals surface area contributed by atoms with Gasteiger partial charge in [-0.2, -0.15) is 0 Å². The molecule has 6 amide bonds. The number of hydrogen-bond acceptors (Lipinski definition) is 25. The van der Waals surface area contributed by atoms with Crippen LogP contribution in [0.1, 0.15) is 105 Å². The van der Waals surface area contributed by atoms with E-state index in [9.17, 15) is 84.9 Å². The predicted molar refractivity (Wildman–Crippen MR) is 348 cm³/mol. The number of phenolic OH excluding ortho intramolecular Hbond substituents is 3. The summed E-state index contributed by atoms with van der Waals surface area (Å²) >= 11 is 14.1. The smallest absolute Gasteiger partial charge is 0.330 e. The molecule has 12 rings (SSSR count). The zero-order valence-corrected chi connectivity index (χ0v) is 55.7. The van der Waals surface area contributed by atoms with Crippen molar-refractivity contribution in [3.8, 4) is 57.1 Å². The third kappa shape index (κ3) is 15.8. The maximum Gasteiger partial charge on any atom is 0.330 e. The van der Waals surface area contributed by atoms with Crippen LogP contribution in [0.15, 0.2) is 78.9 Å². The summed E-state index contributed by atoms with van der Waals surface area (Å²) in [5, 5.41) is 141. The number of nitrogens with one attached hydrogen (secondary N) is 7. The number of aromatic hydroxyl groups is 3. The molecule has 542 valence electrons. The van der Waals surface area contributed by atoms with Gasteiger partial charge in [-0.25, -0.2) is 9.59 Å². The summed E-state index contributed by atoms with van der Waals surface area (Å²) in [5.41, 5.74) is 2.21. The first-order valence-electron chi connectivity index (χ1n) is 31.6. The summed E-state index contributed by atoms with van der Waals surface area (Å²) in [7, 11) is 1.46. The fraction of sp³-hybridized carbons (Fsp3) is 0.424. The van der Waals surface area contributed by atoms with E-state index in [4.69, 9.17) is 57.4 Å². The lowest BCUT2D eigenvalue weighted by Gasteiger charge is -2.47. The van der Waals surface area contributed by atoms with Gasteiger partial charge in [0.15, 0.2) is 29.9 Å². The van der Waals surface area contributed by atoms with E-state index in [2.05, 4.69) is 37.2 Å². The minimum Gasteiger partial charge on any atom is -0.508 e. The van der Waals surface area contributed by atoms with Crippen LogP contribution in [-0.2, 0) is 52.6 Å². The molecule has 0 saturated carbocycles. The molecular weight excluding hydrogens is 1380 g/mol. The minimum absolute atomic E-state index is 0.0991. The Kier molecular flexibility index (Phi) is 22.2. The van der Waals surface area contributed by atoms with Crippen molar-refractivity contribution in [1.82, 2.24) is 37.2 Å². The van der Waals surface area contributed by atoms with Crippen molar-refractivity contribution in [3.05, 3.63) is 117 Å². The molecule has 7 heterocycles. The molecule has 35 heteroatoms. The monoisotopic (exact) mass is 1450 g/mol. The highest BCUT2D eigenvalue weighted by atomic mass is 35.5. The molecule has 101 heavy (non-hydrogen) atoms. The zero-order valence-electron chi connectivity index (χ0n) is 54.2. The largest absolute Gasteiger partial charge is 0.508 e. The van der Waals surface area contributed by atoms with E-state index in [1.165, 1.54) is 27.0 Å². The van der Waals surface area contributed by atoms with Gasteiger partial charge in [-0.3, -0.25) is 28.8 Å². The standard InChI is InChI=1S/C66H74Cl2N8O25/c1-23(2)12-34(70-5)58(87)75-49-51(82)26-7-10-38(32(67)14-26)97-40-16-28-17-41(55(40)101-65-56(54(85)53(84)42(22-77)99-65)100-44-21-66(4,69)57(86)24(3)96-44)98-39-11-8-27(15-33(39)68)52(83)50-62(91)74-48(64(94)95)31-18-29(78)19-37(80)45(31)30-13-25(6-9-36(30)79)46(59(88)76-50)73-60(89)47(28)72-43(81)20-35(63(92)93)71-61(49)90/h6-11,13-19,23-24,34-35,42,44,46-54,56-57,65,70,77-80,82-86H,12,20-22,69H2,1-5H3,(H,71,90)(H,72,81)(H,73,89)(H,74,91)(H,75,87)(H,76,88)(H,92,93)(H,94,95)/t24-,34+,35-,42-,44-,46-,47-,48-,49-,50+,51-,52-,53-,54+,56-,57+,65+,66-/m1/s1. The van der Waals surface area contributed by atoms with E-state index in [-0.39, 0.29) is 41.2 Å². The van der Waals surface area contributed by atoms with E-state index in [0.717, 1.165) is 72.8 Å². The Bertz CT molecular complexity index is 4070. The predicted octanol–water partition coefficient (Wildman–Crippen LogP) is 0.706. The maximum atomic E-state index is 15.9. The average molecular weight is 1450 g/mol. The number of aliphatic carboxylic acids is 2. The highest BCUT2D eigenvalue weighted by Crippen LogP contribution is 2.50. The molecule has 0 unspecified atom stereocenters. The highest BCUT2D eigenvalue weighted by molar-refractivity contribution is 6.32.